The normalized spacial score (nSPS) is 10.2. The van der Waals surface area contributed by atoms with Gasteiger partial charge in [-0.25, -0.2) is 4.79 Å². The fraction of sp³-hybridized carbons (Fsp3) is 0.235. The summed E-state index contributed by atoms with van der Waals surface area (Å²) in [6.45, 7) is 4.16. The largest absolute Gasteiger partial charge is 0.462 e. The molecule has 0 amide bonds. The maximum Gasteiger partial charge on any atom is 0.340 e. The van der Waals surface area contributed by atoms with Gasteiger partial charge >= 0.3 is 5.97 Å². The maximum atomic E-state index is 11.9. The van der Waals surface area contributed by atoms with Gasteiger partial charge in [0.25, 0.3) is 0 Å². The number of nitrogens with two attached hydrogens (primary N) is 1. The number of benzene rings is 2. The summed E-state index contributed by atoms with van der Waals surface area (Å²) < 4.78 is 5.04. The third-order valence-electron chi connectivity index (χ3n) is 3.40. The Hall–Kier alpha value is -2.49. The molecular weight excluding hydrogens is 264 g/mol. The first-order valence-corrected chi connectivity index (χ1v) is 6.90. The van der Waals surface area contributed by atoms with E-state index < -0.39 is 5.97 Å². The van der Waals surface area contributed by atoms with Crippen LogP contribution in [0.2, 0.25) is 0 Å². The number of nitrogens with zero attached hydrogens (tertiary/aromatic N) is 1. The van der Waals surface area contributed by atoms with Gasteiger partial charge in [-0.15, -0.1) is 0 Å². The van der Waals surface area contributed by atoms with E-state index in [4.69, 9.17) is 10.5 Å². The maximum absolute atomic E-state index is 11.9. The lowest BCUT2D eigenvalue weighted by Gasteiger charge is -2.22. The molecule has 110 valence electrons. The molecule has 0 atom stereocenters. The predicted octanol–water partition coefficient (Wildman–Crippen LogP) is 3.52. The van der Waals surface area contributed by atoms with Gasteiger partial charge in [-0.3, -0.25) is 0 Å². The van der Waals surface area contributed by atoms with Gasteiger partial charge in [0.2, 0.25) is 0 Å². The number of aryl methyl sites for hydroxylation is 1. The van der Waals surface area contributed by atoms with Crippen LogP contribution in [0.15, 0.2) is 42.5 Å². The molecule has 0 heterocycles. The average Bonchev–Trinajstić information content (AvgIpc) is 2.48. The molecule has 2 rings (SSSR count). The molecule has 4 heteroatoms. The highest BCUT2D eigenvalue weighted by atomic mass is 16.5. The van der Waals surface area contributed by atoms with Gasteiger partial charge in [-0.2, -0.15) is 0 Å². The minimum Gasteiger partial charge on any atom is -0.462 e. The lowest BCUT2D eigenvalue weighted by molar-refractivity contribution is 0.0527. The second-order valence-corrected chi connectivity index (χ2v) is 4.84. The molecule has 0 radical (unpaired) electrons. The zero-order valence-electron chi connectivity index (χ0n) is 12.6. The first-order valence-electron chi connectivity index (χ1n) is 6.90. The van der Waals surface area contributed by atoms with Crippen molar-refractivity contribution < 1.29 is 9.53 Å². The van der Waals surface area contributed by atoms with Crippen LogP contribution in [0.4, 0.5) is 17.1 Å². The number of esters is 1. The Balaban J connectivity index is 2.39. The number of ether oxygens (including phenoxy) is 1. The first kappa shape index (κ1) is 14.9. The molecule has 2 N–H and O–H groups in total. The van der Waals surface area contributed by atoms with Crippen molar-refractivity contribution >= 4 is 23.0 Å². The van der Waals surface area contributed by atoms with Crippen LogP contribution in [0.25, 0.3) is 0 Å². The average molecular weight is 284 g/mol. The van der Waals surface area contributed by atoms with Gasteiger partial charge in [0.1, 0.15) is 0 Å². The SMILES string of the molecule is CCOC(=O)c1cc(N(C)c2ccccc2C)ccc1N. The van der Waals surface area contributed by atoms with E-state index in [1.54, 1.807) is 19.1 Å². The highest BCUT2D eigenvalue weighted by Crippen LogP contribution is 2.29. The van der Waals surface area contributed by atoms with Crippen molar-refractivity contribution in [3.05, 3.63) is 53.6 Å². The Kier molecular flexibility index (Phi) is 4.48. The van der Waals surface area contributed by atoms with E-state index in [2.05, 4.69) is 13.0 Å². The van der Waals surface area contributed by atoms with Crippen molar-refractivity contribution in [2.75, 3.05) is 24.3 Å². The van der Waals surface area contributed by atoms with E-state index in [1.165, 1.54) is 0 Å². The van der Waals surface area contributed by atoms with Crippen LogP contribution in [-0.4, -0.2) is 19.6 Å². The molecule has 21 heavy (non-hydrogen) atoms. The number of nitrogen functional groups attached to an aromatic ring is 1. The van der Waals surface area contributed by atoms with Gasteiger partial charge in [0, 0.05) is 24.1 Å². The summed E-state index contributed by atoms with van der Waals surface area (Å²) in [5, 5.41) is 0. The van der Waals surface area contributed by atoms with Gasteiger partial charge < -0.3 is 15.4 Å². The third kappa shape index (κ3) is 3.16. The summed E-state index contributed by atoms with van der Waals surface area (Å²) in [6, 6.07) is 13.5. The van der Waals surface area contributed by atoms with Gasteiger partial charge in [0.05, 0.1) is 12.2 Å². The van der Waals surface area contributed by atoms with Crippen LogP contribution in [-0.2, 0) is 4.74 Å². The number of carbonyl (C=O) groups excluding carboxylic acids is 1. The summed E-state index contributed by atoms with van der Waals surface area (Å²) in [5.41, 5.74) is 9.83. The number of hydrogen-bond acceptors (Lipinski definition) is 4. The standard InChI is InChI=1S/C17H20N2O2/c1-4-21-17(20)14-11-13(9-10-15(14)18)19(3)16-8-6-5-7-12(16)2/h5-11H,4,18H2,1-3H3. The van der Waals surface area contributed by atoms with Crippen molar-refractivity contribution in [3.8, 4) is 0 Å². The van der Waals surface area contributed by atoms with Gasteiger partial charge in [-0.05, 0) is 43.7 Å². The summed E-state index contributed by atoms with van der Waals surface area (Å²) >= 11 is 0. The van der Waals surface area contributed by atoms with Crippen LogP contribution in [0.3, 0.4) is 0 Å². The number of hydrogen-bond donors (Lipinski definition) is 1. The fourth-order valence-electron chi connectivity index (χ4n) is 2.22. The van der Waals surface area contributed by atoms with Crippen LogP contribution in [0, 0.1) is 6.92 Å². The highest BCUT2D eigenvalue weighted by molar-refractivity contribution is 5.96. The topological polar surface area (TPSA) is 55.6 Å². The lowest BCUT2D eigenvalue weighted by Crippen LogP contribution is -2.13. The third-order valence-corrected chi connectivity index (χ3v) is 3.40. The number of anilines is 3. The van der Waals surface area contributed by atoms with Crippen LogP contribution >= 0.6 is 0 Å². The molecule has 0 spiro atoms. The first-order chi connectivity index (χ1) is 10.0. The molecule has 0 bridgehead atoms. The smallest absolute Gasteiger partial charge is 0.340 e. The fourth-order valence-corrected chi connectivity index (χ4v) is 2.22. The summed E-state index contributed by atoms with van der Waals surface area (Å²) in [5.74, 6) is -0.393. The predicted molar refractivity (Wildman–Crippen MR) is 86.1 cm³/mol. The van der Waals surface area contributed by atoms with E-state index in [-0.39, 0.29) is 0 Å². The lowest BCUT2D eigenvalue weighted by atomic mass is 10.1. The summed E-state index contributed by atoms with van der Waals surface area (Å²) in [6.07, 6.45) is 0. The van der Waals surface area contributed by atoms with E-state index in [1.807, 2.05) is 36.2 Å². The highest BCUT2D eigenvalue weighted by Gasteiger charge is 2.14. The molecule has 2 aromatic carbocycles. The number of para-hydroxylation sites is 1. The summed E-state index contributed by atoms with van der Waals surface area (Å²) in [7, 11) is 1.96. The Morgan fingerprint density at radius 1 is 1.24 bits per heavy atom. The number of rotatable bonds is 4. The second kappa shape index (κ2) is 6.31. The Morgan fingerprint density at radius 2 is 1.95 bits per heavy atom. The van der Waals surface area contributed by atoms with Crippen LogP contribution in [0.1, 0.15) is 22.8 Å². The van der Waals surface area contributed by atoms with E-state index in [9.17, 15) is 4.79 Å². The molecule has 0 saturated carbocycles. The molecule has 2 aromatic rings. The molecular formula is C17H20N2O2. The van der Waals surface area contributed by atoms with Crippen LogP contribution < -0.4 is 10.6 Å². The Morgan fingerprint density at radius 3 is 2.62 bits per heavy atom. The van der Waals surface area contributed by atoms with E-state index >= 15 is 0 Å². The molecule has 0 aliphatic carbocycles. The van der Waals surface area contributed by atoms with Crippen molar-refractivity contribution in [2.24, 2.45) is 0 Å². The van der Waals surface area contributed by atoms with Crippen molar-refractivity contribution in [2.45, 2.75) is 13.8 Å². The molecule has 0 saturated heterocycles. The quantitative estimate of drug-likeness (QED) is 0.689. The van der Waals surface area contributed by atoms with Crippen molar-refractivity contribution in [3.63, 3.8) is 0 Å². The molecule has 0 aliphatic heterocycles. The molecule has 4 nitrogen and oxygen atoms in total. The van der Waals surface area contributed by atoms with Gasteiger partial charge in [-0.1, -0.05) is 18.2 Å². The molecule has 0 aromatic heterocycles. The van der Waals surface area contributed by atoms with E-state index in [0.717, 1.165) is 16.9 Å². The van der Waals surface area contributed by atoms with Crippen molar-refractivity contribution in [1.29, 1.82) is 0 Å². The Bertz CT molecular complexity index is 653. The minimum atomic E-state index is -0.393. The monoisotopic (exact) mass is 284 g/mol. The minimum absolute atomic E-state index is 0.329. The molecule has 0 unspecified atom stereocenters. The summed E-state index contributed by atoms with van der Waals surface area (Å²) in [4.78, 5) is 13.9. The second-order valence-electron chi connectivity index (χ2n) is 4.84. The van der Waals surface area contributed by atoms with Crippen molar-refractivity contribution in [1.82, 2.24) is 0 Å². The zero-order chi connectivity index (χ0) is 15.4. The molecule has 0 aliphatic rings. The van der Waals surface area contributed by atoms with Gasteiger partial charge in [0.15, 0.2) is 0 Å². The molecule has 0 fully saturated rings. The zero-order valence-corrected chi connectivity index (χ0v) is 12.6. The van der Waals surface area contributed by atoms with E-state index in [0.29, 0.717) is 17.9 Å². The van der Waals surface area contributed by atoms with Crippen LogP contribution in [0.5, 0.6) is 0 Å². The Labute approximate surface area is 125 Å². The number of carbonyl (C=O) groups is 1.